The third-order valence-corrected chi connectivity index (χ3v) is 4.24. The standard InChI is InChI=1S/C20H19FN4O2/c1-12(14-5-7-16(21)8-6-14)23-18(26)10-17-13(2)24-19(25-20(17)27)15-4-3-9-22-11-15/h3-9,11-12H,10H2,1-2H3,(H,23,26)(H,24,25,27)/t12-/m0/s1. The van der Waals surface area contributed by atoms with Crippen molar-refractivity contribution in [3.8, 4) is 11.4 Å². The van der Waals surface area contributed by atoms with E-state index in [9.17, 15) is 14.0 Å². The Balaban J connectivity index is 1.74. The third kappa shape index (κ3) is 4.44. The second kappa shape index (κ2) is 7.90. The highest BCUT2D eigenvalue weighted by Crippen LogP contribution is 2.15. The number of aromatic nitrogens is 3. The zero-order chi connectivity index (χ0) is 19.4. The Labute approximate surface area is 155 Å². The summed E-state index contributed by atoms with van der Waals surface area (Å²) in [5.74, 6) is -0.231. The SMILES string of the molecule is Cc1nc(-c2cccnc2)[nH]c(=O)c1CC(=O)N[C@@H](C)c1ccc(F)cc1. The number of carbonyl (C=O) groups excluding carboxylic acids is 1. The van der Waals surface area contributed by atoms with Crippen molar-refractivity contribution >= 4 is 5.91 Å². The first-order chi connectivity index (χ1) is 12.9. The normalized spacial score (nSPS) is 11.8. The maximum atomic E-state index is 13.0. The number of nitrogens with one attached hydrogen (secondary N) is 2. The molecular formula is C20H19FN4O2. The Bertz CT molecular complexity index is 1000. The van der Waals surface area contributed by atoms with Crippen LogP contribution >= 0.6 is 0 Å². The van der Waals surface area contributed by atoms with Gasteiger partial charge in [-0.3, -0.25) is 14.6 Å². The summed E-state index contributed by atoms with van der Waals surface area (Å²) in [7, 11) is 0. The molecule has 1 amide bonds. The average Bonchev–Trinajstić information content (AvgIpc) is 2.65. The first kappa shape index (κ1) is 18.4. The molecule has 0 aliphatic rings. The van der Waals surface area contributed by atoms with Crippen LogP contribution in [-0.2, 0) is 11.2 Å². The molecule has 27 heavy (non-hydrogen) atoms. The number of hydrogen-bond acceptors (Lipinski definition) is 4. The molecule has 7 heteroatoms. The summed E-state index contributed by atoms with van der Waals surface area (Å²) in [5.41, 5.74) is 1.92. The minimum Gasteiger partial charge on any atom is -0.349 e. The number of aromatic amines is 1. The molecule has 0 spiro atoms. The van der Waals surface area contributed by atoms with Gasteiger partial charge < -0.3 is 10.3 Å². The largest absolute Gasteiger partial charge is 0.349 e. The molecule has 2 heterocycles. The maximum absolute atomic E-state index is 13.0. The first-order valence-electron chi connectivity index (χ1n) is 8.49. The lowest BCUT2D eigenvalue weighted by Crippen LogP contribution is -2.31. The van der Waals surface area contributed by atoms with E-state index in [-0.39, 0.29) is 29.7 Å². The summed E-state index contributed by atoms with van der Waals surface area (Å²) in [6, 6.07) is 9.15. The van der Waals surface area contributed by atoms with Crippen molar-refractivity contribution in [3.05, 3.63) is 81.8 Å². The lowest BCUT2D eigenvalue weighted by atomic mass is 10.1. The number of H-pyrrole nitrogens is 1. The molecule has 0 unspecified atom stereocenters. The van der Waals surface area contributed by atoms with E-state index in [4.69, 9.17) is 0 Å². The fraction of sp³-hybridized carbons (Fsp3) is 0.200. The first-order valence-corrected chi connectivity index (χ1v) is 8.49. The van der Waals surface area contributed by atoms with Crippen LogP contribution in [0.15, 0.2) is 53.6 Å². The summed E-state index contributed by atoms with van der Waals surface area (Å²) >= 11 is 0. The monoisotopic (exact) mass is 366 g/mol. The van der Waals surface area contributed by atoms with Gasteiger partial charge in [-0.2, -0.15) is 0 Å². The fourth-order valence-electron chi connectivity index (χ4n) is 2.75. The van der Waals surface area contributed by atoms with Gasteiger partial charge in [0.2, 0.25) is 5.91 Å². The zero-order valence-corrected chi connectivity index (χ0v) is 15.0. The van der Waals surface area contributed by atoms with Crippen molar-refractivity contribution in [1.82, 2.24) is 20.3 Å². The molecule has 0 saturated heterocycles. The number of nitrogens with zero attached hydrogens (tertiary/aromatic N) is 2. The van der Waals surface area contributed by atoms with Crippen LogP contribution < -0.4 is 10.9 Å². The van der Waals surface area contributed by atoms with Gasteiger partial charge in [-0.1, -0.05) is 12.1 Å². The van der Waals surface area contributed by atoms with E-state index in [1.165, 1.54) is 12.1 Å². The molecule has 2 N–H and O–H groups in total. The van der Waals surface area contributed by atoms with E-state index in [0.29, 0.717) is 22.6 Å². The predicted molar refractivity (Wildman–Crippen MR) is 99.5 cm³/mol. The van der Waals surface area contributed by atoms with Gasteiger partial charge in [0.05, 0.1) is 12.5 Å². The summed E-state index contributed by atoms with van der Waals surface area (Å²) < 4.78 is 13.0. The van der Waals surface area contributed by atoms with Gasteiger partial charge in [-0.05, 0) is 43.7 Å². The van der Waals surface area contributed by atoms with E-state index >= 15 is 0 Å². The number of halogens is 1. The molecule has 0 aliphatic heterocycles. The number of benzene rings is 1. The fourth-order valence-corrected chi connectivity index (χ4v) is 2.75. The van der Waals surface area contributed by atoms with Crippen molar-refractivity contribution in [2.45, 2.75) is 26.3 Å². The maximum Gasteiger partial charge on any atom is 0.255 e. The predicted octanol–water partition coefficient (Wildman–Crippen LogP) is 2.70. The molecule has 138 valence electrons. The van der Waals surface area contributed by atoms with E-state index < -0.39 is 0 Å². The highest BCUT2D eigenvalue weighted by molar-refractivity contribution is 5.79. The number of aryl methyl sites for hydroxylation is 1. The molecule has 6 nitrogen and oxygen atoms in total. The van der Waals surface area contributed by atoms with E-state index in [1.807, 2.05) is 0 Å². The minimum absolute atomic E-state index is 0.0903. The van der Waals surface area contributed by atoms with E-state index in [1.54, 1.807) is 50.5 Å². The second-order valence-electron chi connectivity index (χ2n) is 6.24. The van der Waals surface area contributed by atoms with Crippen LogP contribution in [-0.4, -0.2) is 20.9 Å². The number of carbonyl (C=O) groups is 1. The van der Waals surface area contributed by atoms with Gasteiger partial charge in [0.15, 0.2) is 0 Å². The molecule has 0 radical (unpaired) electrons. The molecule has 3 aromatic rings. The van der Waals surface area contributed by atoms with Crippen LogP contribution in [0.1, 0.15) is 29.8 Å². The molecule has 0 saturated carbocycles. The Kier molecular flexibility index (Phi) is 5.40. The smallest absolute Gasteiger partial charge is 0.255 e. The Hall–Kier alpha value is -3.35. The van der Waals surface area contributed by atoms with Crippen LogP contribution in [0.3, 0.4) is 0 Å². The van der Waals surface area contributed by atoms with Gasteiger partial charge in [0.25, 0.3) is 5.56 Å². The number of rotatable bonds is 5. The van der Waals surface area contributed by atoms with Crippen LogP contribution in [0.5, 0.6) is 0 Å². The van der Waals surface area contributed by atoms with Crippen LogP contribution in [0.4, 0.5) is 4.39 Å². The molecule has 3 rings (SSSR count). The van der Waals surface area contributed by atoms with Crippen molar-refractivity contribution in [3.63, 3.8) is 0 Å². The molecule has 1 aromatic carbocycles. The summed E-state index contributed by atoms with van der Waals surface area (Å²) in [5, 5.41) is 2.81. The number of hydrogen-bond donors (Lipinski definition) is 2. The number of pyridine rings is 1. The van der Waals surface area contributed by atoms with Gasteiger partial charge >= 0.3 is 0 Å². The summed E-state index contributed by atoms with van der Waals surface area (Å²) in [6.07, 6.45) is 3.15. The lowest BCUT2D eigenvalue weighted by molar-refractivity contribution is -0.121. The van der Waals surface area contributed by atoms with Crippen LogP contribution in [0.25, 0.3) is 11.4 Å². The highest BCUT2D eigenvalue weighted by Gasteiger charge is 2.16. The lowest BCUT2D eigenvalue weighted by Gasteiger charge is -2.15. The minimum atomic E-state index is -0.356. The second-order valence-corrected chi connectivity index (χ2v) is 6.24. The molecule has 1 atom stereocenters. The topological polar surface area (TPSA) is 87.7 Å². The van der Waals surface area contributed by atoms with Crippen LogP contribution in [0.2, 0.25) is 0 Å². The zero-order valence-electron chi connectivity index (χ0n) is 15.0. The molecule has 2 aromatic heterocycles. The molecule has 0 bridgehead atoms. The Morgan fingerprint density at radius 3 is 2.63 bits per heavy atom. The van der Waals surface area contributed by atoms with Crippen molar-refractivity contribution in [2.75, 3.05) is 0 Å². The third-order valence-electron chi connectivity index (χ3n) is 4.24. The number of amides is 1. The molecular weight excluding hydrogens is 347 g/mol. The van der Waals surface area contributed by atoms with E-state index in [2.05, 4.69) is 20.3 Å². The highest BCUT2D eigenvalue weighted by atomic mass is 19.1. The Morgan fingerprint density at radius 2 is 2.00 bits per heavy atom. The van der Waals surface area contributed by atoms with E-state index in [0.717, 1.165) is 5.56 Å². The quantitative estimate of drug-likeness (QED) is 0.727. The van der Waals surface area contributed by atoms with Crippen molar-refractivity contribution < 1.29 is 9.18 Å². The van der Waals surface area contributed by atoms with Crippen molar-refractivity contribution in [1.29, 1.82) is 0 Å². The van der Waals surface area contributed by atoms with Gasteiger partial charge in [-0.15, -0.1) is 0 Å². The van der Waals surface area contributed by atoms with Gasteiger partial charge in [0.1, 0.15) is 11.6 Å². The van der Waals surface area contributed by atoms with Gasteiger partial charge in [0, 0.05) is 29.2 Å². The Morgan fingerprint density at radius 1 is 1.26 bits per heavy atom. The summed E-state index contributed by atoms with van der Waals surface area (Å²) in [4.78, 5) is 35.9. The average molecular weight is 366 g/mol. The van der Waals surface area contributed by atoms with Crippen molar-refractivity contribution in [2.24, 2.45) is 0 Å². The molecule has 0 fully saturated rings. The summed E-state index contributed by atoms with van der Waals surface area (Å²) in [6.45, 7) is 3.49. The van der Waals surface area contributed by atoms with Crippen LogP contribution in [0, 0.1) is 12.7 Å². The van der Waals surface area contributed by atoms with Gasteiger partial charge in [-0.25, -0.2) is 9.37 Å². The molecule has 0 aliphatic carbocycles.